The van der Waals surface area contributed by atoms with Crippen LogP contribution in [-0.4, -0.2) is 24.9 Å². The van der Waals surface area contributed by atoms with Gasteiger partial charge in [0, 0.05) is 19.7 Å². The molecule has 0 aliphatic heterocycles. The largest absolute Gasteiger partial charge is 0.392 e. The van der Waals surface area contributed by atoms with Crippen molar-refractivity contribution in [2.75, 3.05) is 19.8 Å². The molecule has 0 atom stereocenters. The van der Waals surface area contributed by atoms with Gasteiger partial charge in [-0.15, -0.1) is 0 Å². The van der Waals surface area contributed by atoms with Crippen molar-refractivity contribution in [2.24, 2.45) is 5.92 Å². The van der Waals surface area contributed by atoms with E-state index in [4.69, 9.17) is 9.84 Å². The molecule has 0 aliphatic rings. The summed E-state index contributed by atoms with van der Waals surface area (Å²) in [6, 6.07) is 7.97. The fraction of sp³-hybridized carbons (Fsp3) is 0.571. The number of benzene rings is 1. The van der Waals surface area contributed by atoms with Gasteiger partial charge in [0.05, 0.1) is 13.2 Å². The summed E-state index contributed by atoms with van der Waals surface area (Å²) in [5.41, 5.74) is 2.15. The maximum Gasteiger partial charge on any atom is 0.0681 e. The van der Waals surface area contributed by atoms with Crippen molar-refractivity contribution >= 4 is 0 Å². The second kappa shape index (κ2) is 8.23. The van der Waals surface area contributed by atoms with Gasteiger partial charge in [0.2, 0.25) is 0 Å². The van der Waals surface area contributed by atoms with Crippen molar-refractivity contribution in [1.29, 1.82) is 0 Å². The predicted molar refractivity (Wildman–Crippen MR) is 69.7 cm³/mol. The molecule has 3 heteroatoms. The second-order valence-corrected chi connectivity index (χ2v) is 4.62. The molecule has 0 saturated heterocycles. The van der Waals surface area contributed by atoms with Gasteiger partial charge in [0.15, 0.2) is 0 Å². The molecule has 0 heterocycles. The molecule has 0 unspecified atom stereocenters. The molecule has 1 aromatic carbocycles. The number of rotatable bonds is 8. The number of hydrogen-bond donors (Lipinski definition) is 2. The van der Waals surface area contributed by atoms with Gasteiger partial charge in [0.1, 0.15) is 0 Å². The van der Waals surface area contributed by atoms with Gasteiger partial charge in [-0.3, -0.25) is 0 Å². The molecular formula is C14H23NO2. The van der Waals surface area contributed by atoms with E-state index in [9.17, 15) is 0 Å². The van der Waals surface area contributed by atoms with Gasteiger partial charge in [-0.05, 0) is 17.0 Å². The molecule has 1 rings (SSSR count). The van der Waals surface area contributed by atoms with Crippen LogP contribution in [-0.2, 0) is 17.9 Å². The van der Waals surface area contributed by atoms with E-state index >= 15 is 0 Å². The molecular weight excluding hydrogens is 214 g/mol. The minimum atomic E-state index is 0.103. The van der Waals surface area contributed by atoms with E-state index < -0.39 is 0 Å². The third-order valence-electron chi connectivity index (χ3n) is 2.38. The molecule has 0 bridgehead atoms. The quantitative estimate of drug-likeness (QED) is 0.679. The van der Waals surface area contributed by atoms with E-state index in [1.54, 1.807) is 0 Å². The van der Waals surface area contributed by atoms with E-state index in [-0.39, 0.29) is 6.61 Å². The van der Waals surface area contributed by atoms with Gasteiger partial charge in [-0.1, -0.05) is 38.1 Å². The van der Waals surface area contributed by atoms with Gasteiger partial charge >= 0.3 is 0 Å². The average Bonchev–Trinajstić information content (AvgIpc) is 2.33. The van der Waals surface area contributed by atoms with Crippen LogP contribution in [0.5, 0.6) is 0 Å². The monoisotopic (exact) mass is 237 g/mol. The zero-order valence-electron chi connectivity index (χ0n) is 10.8. The molecule has 0 aliphatic carbocycles. The smallest absolute Gasteiger partial charge is 0.0681 e. The SMILES string of the molecule is CC(C)COCCNCc1cccc(CO)c1. The first kappa shape index (κ1) is 14.2. The molecule has 96 valence electrons. The summed E-state index contributed by atoms with van der Waals surface area (Å²) in [6.45, 7) is 7.64. The summed E-state index contributed by atoms with van der Waals surface area (Å²) in [5.74, 6) is 0.594. The first-order chi connectivity index (χ1) is 8.22. The number of hydrogen-bond acceptors (Lipinski definition) is 3. The lowest BCUT2D eigenvalue weighted by atomic mass is 10.1. The van der Waals surface area contributed by atoms with Crippen molar-refractivity contribution in [3.8, 4) is 0 Å². The molecule has 2 N–H and O–H groups in total. The van der Waals surface area contributed by atoms with Crippen molar-refractivity contribution in [3.63, 3.8) is 0 Å². The summed E-state index contributed by atoms with van der Waals surface area (Å²) < 4.78 is 5.48. The maximum absolute atomic E-state index is 9.02. The average molecular weight is 237 g/mol. The van der Waals surface area contributed by atoms with Crippen LogP contribution < -0.4 is 5.32 Å². The highest BCUT2D eigenvalue weighted by Gasteiger charge is 1.96. The van der Waals surface area contributed by atoms with Gasteiger partial charge in [0.25, 0.3) is 0 Å². The van der Waals surface area contributed by atoms with Crippen molar-refractivity contribution < 1.29 is 9.84 Å². The van der Waals surface area contributed by atoms with Crippen LogP contribution in [0, 0.1) is 5.92 Å². The van der Waals surface area contributed by atoms with E-state index in [0.717, 1.165) is 31.9 Å². The van der Waals surface area contributed by atoms with E-state index in [2.05, 4.69) is 25.2 Å². The Hall–Kier alpha value is -0.900. The van der Waals surface area contributed by atoms with E-state index in [0.29, 0.717) is 5.92 Å². The Kier molecular flexibility index (Phi) is 6.86. The third-order valence-corrected chi connectivity index (χ3v) is 2.38. The zero-order valence-corrected chi connectivity index (χ0v) is 10.8. The molecule has 0 saturated carbocycles. The lowest BCUT2D eigenvalue weighted by Crippen LogP contribution is -2.20. The Morgan fingerprint density at radius 2 is 2.06 bits per heavy atom. The van der Waals surface area contributed by atoms with Crippen LogP contribution in [0.25, 0.3) is 0 Å². The van der Waals surface area contributed by atoms with Crippen LogP contribution in [0.2, 0.25) is 0 Å². The van der Waals surface area contributed by atoms with E-state index in [1.165, 1.54) is 5.56 Å². The molecule has 0 radical (unpaired) electrons. The lowest BCUT2D eigenvalue weighted by Gasteiger charge is -2.08. The summed E-state index contributed by atoms with van der Waals surface area (Å²) in [5, 5.41) is 12.3. The van der Waals surface area contributed by atoms with Crippen molar-refractivity contribution in [3.05, 3.63) is 35.4 Å². The fourth-order valence-electron chi connectivity index (χ4n) is 1.53. The Balaban J connectivity index is 2.13. The maximum atomic E-state index is 9.02. The standard InChI is InChI=1S/C14H23NO2/c1-12(2)11-17-7-6-15-9-13-4-3-5-14(8-13)10-16/h3-5,8,12,15-16H,6-7,9-11H2,1-2H3. The Morgan fingerprint density at radius 3 is 2.76 bits per heavy atom. The summed E-state index contributed by atoms with van der Waals surface area (Å²) >= 11 is 0. The summed E-state index contributed by atoms with van der Waals surface area (Å²) in [4.78, 5) is 0. The highest BCUT2D eigenvalue weighted by atomic mass is 16.5. The highest BCUT2D eigenvalue weighted by Crippen LogP contribution is 2.04. The molecule has 0 aromatic heterocycles. The highest BCUT2D eigenvalue weighted by molar-refractivity contribution is 5.22. The van der Waals surface area contributed by atoms with Crippen molar-refractivity contribution in [2.45, 2.75) is 27.0 Å². The first-order valence-electron chi connectivity index (χ1n) is 6.19. The second-order valence-electron chi connectivity index (χ2n) is 4.62. The van der Waals surface area contributed by atoms with E-state index in [1.807, 2.05) is 18.2 Å². The Morgan fingerprint density at radius 1 is 1.29 bits per heavy atom. The summed E-state index contributed by atoms with van der Waals surface area (Å²) in [6.07, 6.45) is 0. The van der Waals surface area contributed by atoms with Crippen LogP contribution in [0.1, 0.15) is 25.0 Å². The lowest BCUT2D eigenvalue weighted by molar-refractivity contribution is 0.111. The summed E-state index contributed by atoms with van der Waals surface area (Å²) in [7, 11) is 0. The molecule has 0 spiro atoms. The molecule has 3 nitrogen and oxygen atoms in total. The third kappa shape index (κ3) is 6.41. The van der Waals surface area contributed by atoms with Crippen LogP contribution in [0.4, 0.5) is 0 Å². The molecule has 0 amide bonds. The fourth-order valence-corrected chi connectivity index (χ4v) is 1.53. The van der Waals surface area contributed by atoms with Gasteiger partial charge in [-0.2, -0.15) is 0 Å². The number of aliphatic hydroxyl groups excluding tert-OH is 1. The number of aliphatic hydroxyl groups is 1. The normalized spacial score (nSPS) is 11.1. The van der Waals surface area contributed by atoms with Crippen LogP contribution >= 0.6 is 0 Å². The number of nitrogens with one attached hydrogen (secondary N) is 1. The minimum Gasteiger partial charge on any atom is -0.392 e. The zero-order chi connectivity index (χ0) is 12.5. The Labute approximate surface area is 104 Å². The van der Waals surface area contributed by atoms with Gasteiger partial charge in [-0.25, -0.2) is 0 Å². The van der Waals surface area contributed by atoms with Crippen LogP contribution in [0.15, 0.2) is 24.3 Å². The van der Waals surface area contributed by atoms with Crippen molar-refractivity contribution in [1.82, 2.24) is 5.32 Å². The van der Waals surface area contributed by atoms with Gasteiger partial charge < -0.3 is 15.2 Å². The topological polar surface area (TPSA) is 41.5 Å². The van der Waals surface area contributed by atoms with Crippen LogP contribution in [0.3, 0.4) is 0 Å². The Bertz CT molecular complexity index is 313. The molecule has 1 aromatic rings. The predicted octanol–water partition coefficient (Wildman–Crippen LogP) is 1.94. The number of ether oxygens (including phenoxy) is 1. The molecule has 0 fully saturated rings. The molecule has 17 heavy (non-hydrogen) atoms. The first-order valence-corrected chi connectivity index (χ1v) is 6.19. The minimum absolute atomic E-state index is 0.103.